The van der Waals surface area contributed by atoms with Crippen LogP contribution in [0.2, 0.25) is 0 Å². The lowest BCUT2D eigenvalue weighted by atomic mass is 10.1. The molecular formula is C19H22N4O6S2. The molecule has 1 unspecified atom stereocenters. The number of aromatic nitrogens is 2. The zero-order valence-corrected chi connectivity index (χ0v) is 18.6. The summed E-state index contributed by atoms with van der Waals surface area (Å²) in [5.74, 6) is -0.901. The van der Waals surface area contributed by atoms with E-state index in [1.54, 1.807) is 18.2 Å². The maximum Gasteiger partial charge on any atom is 0.281 e. The van der Waals surface area contributed by atoms with E-state index in [-0.39, 0.29) is 23.1 Å². The summed E-state index contributed by atoms with van der Waals surface area (Å²) in [4.78, 5) is 20.0. The van der Waals surface area contributed by atoms with Gasteiger partial charge in [0.15, 0.2) is 5.25 Å². The van der Waals surface area contributed by atoms with Crippen LogP contribution in [0.15, 0.2) is 42.6 Å². The van der Waals surface area contributed by atoms with Gasteiger partial charge >= 0.3 is 0 Å². The average molecular weight is 467 g/mol. The molecule has 1 atom stereocenters. The number of rotatable bonds is 8. The number of H-pyrrole nitrogens is 1. The number of fused-ring (bicyclic) bond motifs is 1. The lowest BCUT2D eigenvalue weighted by molar-refractivity contribution is 0.0979. The Morgan fingerprint density at radius 3 is 2.45 bits per heavy atom. The first-order chi connectivity index (χ1) is 14.3. The van der Waals surface area contributed by atoms with Gasteiger partial charge in [0, 0.05) is 28.8 Å². The molecule has 2 heterocycles. The summed E-state index contributed by atoms with van der Waals surface area (Å²) in [6, 6.07) is 9.02. The van der Waals surface area contributed by atoms with Crippen molar-refractivity contribution >= 4 is 48.2 Å². The molecule has 0 saturated carbocycles. The minimum Gasteiger partial charge on any atom is -0.381 e. The van der Waals surface area contributed by atoms with Crippen molar-refractivity contribution in [3.8, 4) is 0 Å². The van der Waals surface area contributed by atoms with Gasteiger partial charge < -0.3 is 10.3 Å². The Hall–Kier alpha value is -2.96. The van der Waals surface area contributed by atoms with Crippen LogP contribution in [0.1, 0.15) is 35.3 Å². The van der Waals surface area contributed by atoms with Gasteiger partial charge in [-0.1, -0.05) is 0 Å². The molecule has 0 aliphatic carbocycles. The smallest absolute Gasteiger partial charge is 0.281 e. The average Bonchev–Trinajstić information content (AvgIpc) is 3.03. The highest BCUT2D eigenvalue weighted by atomic mass is 32.2. The monoisotopic (exact) mass is 466 g/mol. The number of hydrogen-bond donors (Lipinski definition) is 4. The van der Waals surface area contributed by atoms with Gasteiger partial charge in [-0.05, 0) is 50.2 Å². The van der Waals surface area contributed by atoms with E-state index in [1.807, 2.05) is 13.8 Å². The molecule has 0 radical (unpaired) electrons. The number of aromatic amines is 1. The minimum atomic E-state index is -4.86. The van der Waals surface area contributed by atoms with Gasteiger partial charge in [-0.25, -0.2) is 8.42 Å². The number of Topliss-reactive ketones (excluding diaryl/α,β-unsaturated/α-hetero) is 1. The second-order valence-electron chi connectivity index (χ2n) is 7.35. The largest absolute Gasteiger partial charge is 0.381 e. The van der Waals surface area contributed by atoms with Crippen molar-refractivity contribution in [3.63, 3.8) is 0 Å². The zero-order chi connectivity index (χ0) is 23.0. The molecule has 0 aliphatic heterocycles. The summed E-state index contributed by atoms with van der Waals surface area (Å²) in [5, 5.41) is 1.55. The number of sulfonamides is 1. The molecule has 0 saturated heterocycles. The van der Waals surface area contributed by atoms with Gasteiger partial charge in [0.1, 0.15) is 0 Å². The molecular weight excluding hydrogens is 444 g/mol. The van der Waals surface area contributed by atoms with Crippen molar-refractivity contribution in [2.75, 3.05) is 16.3 Å². The third kappa shape index (κ3) is 5.40. The first-order valence-electron chi connectivity index (χ1n) is 9.17. The summed E-state index contributed by atoms with van der Waals surface area (Å²) >= 11 is 0. The third-order valence-corrected chi connectivity index (χ3v) is 5.90. The second-order valence-corrected chi connectivity index (χ2v) is 10.6. The Balaban J connectivity index is 2.07. The van der Waals surface area contributed by atoms with Gasteiger partial charge in [-0.3, -0.25) is 19.1 Å². The molecule has 10 nitrogen and oxygen atoms in total. The normalized spacial score (nSPS) is 13.3. The fraction of sp³-hybridized carbons (Fsp3) is 0.263. The van der Waals surface area contributed by atoms with Crippen LogP contribution in [0.5, 0.6) is 0 Å². The maximum atomic E-state index is 13.2. The molecule has 0 aliphatic rings. The quantitative estimate of drug-likeness (QED) is 0.291. The highest BCUT2D eigenvalue weighted by Gasteiger charge is 2.37. The molecule has 0 amide bonds. The van der Waals surface area contributed by atoms with E-state index >= 15 is 0 Å². The number of pyridine rings is 1. The van der Waals surface area contributed by atoms with Crippen LogP contribution in [-0.4, -0.2) is 49.4 Å². The molecule has 0 fully saturated rings. The van der Waals surface area contributed by atoms with Crippen molar-refractivity contribution in [1.82, 2.24) is 9.97 Å². The fourth-order valence-electron chi connectivity index (χ4n) is 3.14. The Morgan fingerprint density at radius 2 is 1.84 bits per heavy atom. The molecule has 0 bridgehead atoms. The van der Waals surface area contributed by atoms with Crippen LogP contribution in [0.25, 0.3) is 10.9 Å². The fourth-order valence-corrected chi connectivity index (χ4v) is 4.57. The van der Waals surface area contributed by atoms with Gasteiger partial charge in [0.25, 0.3) is 10.1 Å². The predicted octanol–water partition coefficient (Wildman–Crippen LogP) is 2.57. The van der Waals surface area contributed by atoms with E-state index in [0.717, 1.165) is 6.26 Å². The number of carbonyl (C=O) groups excluding carboxylic acids is 1. The van der Waals surface area contributed by atoms with Crippen LogP contribution in [0, 0.1) is 0 Å². The Morgan fingerprint density at radius 1 is 1.13 bits per heavy atom. The standard InChI is InChI=1S/C19H22N4O6S2/c1-11(2)21-15-5-4-8-20-17(15)19(31(27,28)29)18(24)16-10-12-9-13(23-30(3,25)26)6-7-14(12)22-16/h4-11,19,21-23H,1-3H3,(H,27,28,29). The van der Waals surface area contributed by atoms with Gasteiger partial charge in [0.2, 0.25) is 15.8 Å². The highest BCUT2D eigenvalue weighted by molar-refractivity contribution is 7.92. The van der Waals surface area contributed by atoms with Gasteiger partial charge in [0.05, 0.1) is 23.3 Å². The summed E-state index contributed by atoms with van der Waals surface area (Å²) in [6.07, 6.45) is 2.34. The number of benzene rings is 1. The molecule has 12 heteroatoms. The zero-order valence-electron chi connectivity index (χ0n) is 16.9. The molecule has 31 heavy (non-hydrogen) atoms. The molecule has 3 rings (SSSR count). The van der Waals surface area contributed by atoms with Gasteiger partial charge in [-0.2, -0.15) is 8.42 Å². The maximum absolute atomic E-state index is 13.2. The van der Waals surface area contributed by atoms with Crippen molar-refractivity contribution in [2.45, 2.75) is 25.1 Å². The number of nitrogens with zero attached hydrogens (tertiary/aromatic N) is 1. The molecule has 4 N–H and O–H groups in total. The topological polar surface area (TPSA) is 158 Å². The number of hydrogen-bond acceptors (Lipinski definition) is 7. The Labute approximate surface area is 179 Å². The van der Waals surface area contributed by atoms with E-state index in [4.69, 9.17) is 0 Å². The van der Waals surface area contributed by atoms with E-state index in [1.165, 1.54) is 24.4 Å². The Kier molecular flexibility index (Phi) is 6.07. The van der Waals surface area contributed by atoms with E-state index in [2.05, 4.69) is 20.0 Å². The summed E-state index contributed by atoms with van der Waals surface area (Å²) < 4.78 is 59.4. The van der Waals surface area contributed by atoms with E-state index < -0.39 is 31.2 Å². The molecule has 1 aromatic carbocycles. The van der Waals surface area contributed by atoms with Crippen molar-refractivity contribution in [2.24, 2.45) is 0 Å². The van der Waals surface area contributed by atoms with Crippen molar-refractivity contribution < 1.29 is 26.2 Å². The van der Waals surface area contributed by atoms with Crippen LogP contribution in [-0.2, 0) is 20.1 Å². The summed E-state index contributed by atoms with van der Waals surface area (Å²) in [6.45, 7) is 3.67. The summed E-state index contributed by atoms with van der Waals surface area (Å²) in [5.41, 5.74) is 0.881. The Bertz CT molecular complexity index is 1350. The van der Waals surface area contributed by atoms with E-state index in [9.17, 15) is 26.2 Å². The number of nitrogens with one attached hydrogen (secondary N) is 3. The lowest BCUT2D eigenvalue weighted by Crippen LogP contribution is -2.25. The molecule has 166 valence electrons. The number of ketones is 1. The first kappa shape index (κ1) is 22.7. The van der Waals surface area contributed by atoms with Crippen LogP contribution >= 0.6 is 0 Å². The third-order valence-electron chi connectivity index (χ3n) is 4.26. The summed E-state index contributed by atoms with van der Waals surface area (Å²) in [7, 11) is -8.35. The molecule has 3 aromatic rings. The number of carbonyl (C=O) groups is 1. The first-order valence-corrected chi connectivity index (χ1v) is 12.6. The second kappa shape index (κ2) is 8.29. The van der Waals surface area contributed by atoms with Crippen LogP contribution in [0.3, 0.4) is 0 Å². The molecule has 2 aromatic heterocycles. The minimum absolute atomic E-state index is 0.0738. The molecule has 0 spiro atoms. The van der Waals surface area contributed by atoms with Crippen LogP contribution < -0.4 is 10.0 Å². The SMILES string of the molecule is CC(C)Nc1cccnc1C(C(=O)c1cc2cc(NS(C)(=O)=O)ccc2[nH]1)S(=O)(=O)O. The van der Waals surface area contributed by atoms with Crippen LogP contribution in [0.4, 0.5) is 11.4 Å². The number of anilines is 2. The predicted molar refractivity (Wildman–Crippen MR) is 118 cm³/mol. The van der Waals surface area contributed by atoms with Crippen molar-refractivity contribution in [3.05, 3.63) is 54.0 Å². The van der Waals surface area contributed by atoms with E-state index in [0.29, 0.717) is 16.6 Å². The van der Waals surface area contributed by atoms with Crippen molar-refractivity contribution in [1.29, 1.82) is 0 Å². The van der Waals surface area contributed by atoms with Gasteiger partial charge in [-0.15, -0.1) is 0 Å². The lowest BCUT2D eigenvalue weighted by Gasteiger charge is -2.18. The highest BCUT2D eigenvalue weighted by Crippen LogP contribution is 2.31.